The largest absolute Gasteiger partial charge is 0.383 e. The Hall–Kier alpha value is -0.160. The normalized spacial score (nSPS) is 23.5. The van der Waals surface area contributed by atoms with Crippen molar-refractivity contribution in [1.29, 1.82) is 0 Å². The van der Waals surface area contributed by atoms with Gasteiger partial charge in [-0.25, -0.2) is 0 Å². The van der Waals surface area contributed by atoms with Gasteiger partial charge in [-0.15, -0.1) is 0 Å². The fourth-order valence-electron chi connectivity index (χ4n) is 1.06. The molecule has 12 heavy (non-hydrogen) atoms. The number of ether oxygens (including phenoxy) is 3. The van der Waals surface area contributed by atoms with Gasteiger partial charge in [0, 0.05) is 6.61 Å². The topological polar surface area (TPSA) is 47.9 Å². The van der Waals surface area contributed by atoms with Crippen molar-refractivity contribution in [3.63, 3.8) is 0 Å². The first-order valence-electron chi connectivity index (χ1n) is 4.22. The summed E-state index contributed by atoms with van der Waals surface area (Å²) < 4.78 is 15.4. The van der Waals surface area contributed by atoms with Crippen LogP contribution in [0.15, 0.2) is 0 Å². The van der Waals surface area contributed by atoms with Crippen LogP contribution in [-0.2, 0) is 14.2 Å². The number of hydrogen-bond acceptors (Lipinski definition) is 4. The molecule has 0 aromatic rings. The Kier molecular flexibility index (Phi) is 3.94. The van der Waals surface area contributed by atoms with Crippen molar-refractivity contribution in [1.82, 2.24) is 0 Å². The highest BCUT2D eigenvalue weighted by atomic mass is 16.6. The molecule has 0 radical (unpaired) electrons. The zero-order chi connectivity index (χ0) is 8.86. The molecule has 0 amide bonds. The molecule has 1 saturated heterocycles. The predicted octanol–water partition coefficient (Wildman–Crippen LogP) is -0.199. The predicted molar refractivity (Wildman–Crippen MR) is 43.1 cm³/mol. The second-order valence-corrected chi connectivity index (χ2v) is 2.97. The van der Waals surface area contributed by atoms with E-state index in [1.807, 2.05) is 6.92 Å². The first kappa shape index (κ1) is 9.92. The number of hydrogen-bond donors (Lipinski definition) is 1. The molecule has 0 unspecified atom stereocenters. The molecule has 1 heterocycles. The maximum Gasteiger partial charge on any atom is 0.134 e. The van der Waals surface area contributed by atoms with E-state index in [-0.39, 0.29) is 6.61 Å². The summed E-state index contributed by atoms with van der Waals surface area (Å²) in [5, 5.41) is 9.81. The van der Waals surface area contributed by atoms with Gasteiger partial charge in [-0.05, 0) is 6.92 Å². The molecular formula is C8H16O4. The lowest BCUT2D eigenvalue weighted by atomic mass is 10.1. The third kappa shape index (κ3) is 3.06. The molecule has 1 aliphatic heterocycles. The standard InChI is InChI=1S/C8H16O4/c1-2-10-5-8(9)6-11-3-4-12-7-8/h9H,2-7H2,1H3. The van der Waals surface area contributed by atoms with Gasteiger partial charge in [-0.1, -0.05) is 0 Å². The van der Waals surface area contributed by atoms with Gasteiger partial charge in [0.05, 0.1) is 33.0 Å². The zero-order valence-electron chi connectivity index (χ0n) is 7.41. The van der Waals surface area contributed by atoms with Crippen LogP contribution in [0.4, 0.5) is 0 Å². The summed E-state index contributed by atoms with van der Waals surface area (Å²) in [5.41, 5.74) is -0.952. The SMILES string of the molecule is CCOCC1(O)COCCOC1. The van der Waals surface area contributed by atoms with Crippen LogP contribution in [-0.4, -0.2) is 50.3 Å². The van der Waals surface area contributed by atoms with E-state index < -0.39 is 5.60 Å². The summed E-state index contributed by atoms with van der Waals surface area (Å²) in [6, 6.07) is 0. The lowest BCUT2D eigenvalue weighted by molar-refractivity contribution is -0.103. The molecule has 0 saturated carbocycles. The third-order valence-corrected chi connectivity index (χ3v) is 1.69. The van der Waals surface area contributed by atoms with Gasteiger partial charge in [-0.2, -0.15) is 0 Å². The maximum atomic E-state index is 9.81. The highest BCUT2D eigenvalue weighted by Crippen LogP contribution is 2.10. The summed E-state index contributed by atoms with van der Waals surface area (Å²) >= 11 is 0. The van der Waals surface area contributed by atoms with Crippen molar-refractivity contribution in [2.45, 2.75) is 12.5 Å². The average Bonchev–Trinajstić information content (AvgIpc) is 2.27. The van der Waals surface area contributed by atoms with Crippen molar-refractivity contribution in [3.8, 4) is 0 Å². The second kappa shape index (κ2) is 4.77. The quantitative estimate of drug-likeness (QED) is 0.647. The van der Waals surface area contributed by atoms with Crippen LogP contribution in [0.3, 0.4) is 0 Å². The molecule has 1 N–H and O–H groups in total. The Labute approximate surface area is 72.4 Å². The monoisotopic (exact) mass is 176 g/mol. The summed E-state index contributed by atoms with van der Waals surface area (Å²) in [4.78, 5) is 0. The van der Waals surface area contributed by atoms with E-state index in [1.165, 1.54) is 0 Å². The first-order valence-corrected chi connectivity index (χ1v) is 4.22. The fraction of sp³-hybridized carbons (Fsp3) is 1.00. The lowest BCUT2D eigenvalue weighted by Gasteiger charge is -2.24. The van der Waals surface area contributed by atoms with Crippen molar-refractivity contribution >= 4 is 0 Å². The van der Waals surface area contributed by atoms with E-state index >= 15 is 0 Å². The molecule has 0 atom stereocenters. The lowest BCUT2D eigenvalue weighted by Crippen LogP contribution is -2.42. The molecule has 4 heteroatoms. The molecule has 0 aromatic carbocycles. The van der Waals surface area contributed by atoms with Gasteiger partial charge in [0.25, 0.3) is 0 Å². The number of rotatable bonds is 3. The van der Waals surface area contributed by atoms with Gasteiger partial charge in [0.2, 0.25) is 0 Å². The van der Waals surface area contributed by atoms with Crippen LogP contribution in [0.5, 0.6) is 0 Å². The van der Waals surface area contributed by atoms with Gasteiger partial charge >= 0.3 is 0 Å². The molecular weight excluding hydrogens is 160 g/mol. The molecule has 0 aromatic heterocycles. The van der Waals surface area contributed by atoms with Gasteiger partial charge in [0.15, 0.2) is 0 Å². The Balaban J connectivity index is 2.32. The molecule has 0 spiro atoms. The van der Waals surface area contributed by atoms with E-state index in [0.717, 1.165) is 0 Å². The average molecular weight is 176 g/mol. The molecule has 1 fully saturated rings. The van der Waals surface area contributed by atoms with Crippen molar-refractivity contribution in [2.75, 3.05) is 39.6 Å². The summed E-state index contributed by atoms with van der Waals surface area (Å²) in [7, 11) is 0. The summed E-state index contributed by atoms with van der Waals surface area (Å²) in [5.74, 6) is 0. The zero-order valence-corrected chi connectivity index (χ0v) is 7.41. The van der Waals surface area contributed by atoms with Crippen molar-refractivity contribution in [3.05, 3.63) is 0 Å². The van der Waals surface area contributed by atoms with E-state index in [1.54, 1.807) is 0 Å². The Bertz CT molecular complexity index is 118. The van der Waals surface area contributed by atoms with Crippen LogP contribution < -0.4 is 0 Å². The second-order valence-electron chi connectivity index (χ2n) is 2.97. The number of aliphatic hydroxyl groups is 1. The third-order valence-electron chi connectivity index (χ3n) is 1.69. The highest BCUT2D eigenvalue weighted by Gasteiger charge is 2.29. The van der Waals surface area contributed by atoms with Crippen molar-refractivity contribution < 1.29 is 19.3 Å². The van der Waals surface area contributed by atoms with Crippen LogP contribution >= 0.6 is 0 Å². The molecule has 72 valence electrons. The van der Waals surface area contributed by atoms with E-state index in [0.29, 0.717) is 33.0 Å². The smallest absolute Gasteiger partial charge is 0.134 e. The summed E-state index contributed by atoms with van der Waals surface area (Å²) in [6.07, 6.45) is 0. The van der Waals surface area contributed by atoms with Gasteiger partial charge in [-0.3, -0.25) is 0 Å². The van der Waals surface area contributed by atoms with E-state index in [9.17, 15) is 5.11 Å². The minimum Gasteiger partial charge on any atom is -0.383 e. The maximum absolute atomic E-state index is 9.81. The molecule has 4 nitrogen and oxygen atoms in total. The van der Waals surface area contributed by atoms with Crippen molar-refractivity contribution in [2.24, 2.45) is 0 Å². The first-order chi connectivity index (χ1) is 5.77. The van der Waals surface area contributed by atoms with Crippen LogP contribution in [0.1, 0.15) is 6.92 Å². The Morgan fingerprint density at radius 1 is 1.33 bits per heavy atom. The van der Waals surface area contributed by atoms with Gasteiger partial charge < -0.3 is 19.3 Å². The minimum atomic E-state index is -0.952. The fourth-order valence-corrected chi connectivity index (χ4v) is 1.06. The minimum absolute atomic E-state index is 0.281. The van der Waals surface area contributed by atoms with Crippen LogP contribution in [0.25, 0.3) is 0 Å². The van der Waals surface area contributed by atoms with E-state index in [2.05, 4.69) is 0 Å². The van der Waals surface area contributed by atoms with Crippen LogP contribution in [0, 0.1) is 0 Å². The molecule has 0 bridgehead atoms. The molecule has 1 aliphatic rings. The van der Waals surface area contributed by atoms with E-state index in [4.69, 9.17) is 14.2 Å². The Morgan fingerprint density at radius 2 is 1.92 bits per heavy atom. The van der Waals surface area contributed by atoms with Crippen LogP contribution in [0.2, 0.25) is 0 Å². The molecule has 1 rings (SSSR count). The summed E-state index contributed by atoms with van der Waals surface area (Å²) in [6.45, 7) is 4.47. The highest BCUT2D eigenvalue weighted by molar-refractivity contribution is 4.78. The molecule has 0 aliphatic carbocycles. The Morgan fingerprint density at radius 3 is 2.42 bits per heavy atom. The van der Waals surface area contributed by atoms with Gasteiger partial charge in [0.1, 0.15) is 5.60 Å².